The van der Waals surface area contributed by atoms with Crippen LogP contribution in [-0.2, 0) is 16.4 Å². The highest BCUT2D eigenvalue weighted by Gasteiger charge is 2.26. The smallest absolute Gasteiger partial charge is 0.262 e. The van der Waals surface area contributed by atoms with Gasteiger partial charge in [-0.15, -0.1) is 0 Å². The number of nitrogens with zero attached hydrogens (tertiary/aromatic N) is 1. The molecule has 3 aromatic rings. The number of fused-ring (bicyclic) bond motifs is 1. The average Bonchev–Trinajstić information content (AvgIpc) is 2.79. The number of benzene rings is 3. The number of para-hydroxylation sites is 2. The zero-order valence-corrected chi connectivity index (χ0v) is 19.1. The van der Waals surface area contributed by atoms with E-state index in [0.29, 0.717) is 41.6 Å². The molecule has 0 saturated carbocycles. The van der Waals surface area contributed by atoms with E-state index in [-0.39, 0.29) is 10.8 Å². The third-order valence-electron chi connectivity index (χ3n) is 5.23. The lowest BCUT2D eigenvalue weighted by molar-refractivity contribution is 0.0985. The number of halogens is 1. The van der Waals surface area contributed by atoms with E-state index in [2.05, 4.69) is 4.72 Å². The summed E-state index contributed by atoms with van der Waals surface area (Å²) in [6.45, 7) is 2.82. The van der Waals surface area contributed by atoms with Crippen LogP contribution in [0, 0.1) is 0 Å². The van der Waals surface area contributed by atoms with E-state index in [1.54, 1.807) is 65.6 Å². The van der Waals surface area contributed by atoms with Gasteiger partial charge in [0, 0.05) is 22.8 Å². The summed E-state index contributed by atoms with van der Waals surface area (Å²) in [7, 11) is -3.83. The second-order valence-corrected chi connectivity index (χ2v) is 9.51. The molecule has 1 heterocycles. The molecule has 0 spiro atoms. The summed E-state index contributed by atoms with van der Waals surface area (Å²) in [6, 6.07) is 18.6. The van der Waals surface area contributed by atoms with Crippen LogP contribution < -0.4 is 14.4 Å². The van der Waals surface area contributed by atoms with E-state index in [4.69, 9.17) is 16.3 Å². The summed E-state index contributed by atoms with van der Waals surface area (Å²) in [5, 5.41) is 0.493. The quantitative estimate of drug-likeness (QED) is 0.541. The Morgan fingerprint density at radius 3 is 2.69 bits per heavy atom. The first-order valence-corrected chi connectivity index (χ1v) is 12.2. The number of carbonyl (C=O) groups is 1. The third-order valence-corrected chi connectivity index (χ3v) is 6.83. The molecule has 3 aromatic carbocycles. The van der Waals surface area contributed by atoms with Crippen molar-refractivity contribution in [3.05, 3.63) is 82.9 Å². The van der Waals surface area contributed by atoms with Crippen molar-refractivity contribution in [1.82, 2.24) is 0 Å². The number of ether oxygens (including phenoxy) is 1. The molecule has 1 N–H and O–H groups in total. The second kappa shape index (κ2) is 9.22. The molecule has 0 atom stereocenters. The number of anilines is 2. The molecule has 4 rings (SSSR count). The van der Waals surface area contributed by atoms with E-state index < -0.39 is 10.0 Å². The molecule has 32 heavy (non-hydrogen) atoms. The molecule has 0 unspecified atom stereocenters. The van der Waals surface area contributed by atoms with Crippen LogP contribution in [0.25, 0.3) is 0 Å². The standard InChI is InChI=1S/C24H23ClN2O4S/c1-2-31-23-11-4-3-10-21(23)26-32(29,30)20-12-13-22-17(16-20)8-6-14-27(22)24(28)18-7-5-9-19(25)15-18/h3-5,7,9-13,15-16,26H,2,6,8,14H2,1H3. The van der Waals surface area contributed by atoms with Gasteiger partial charge >= 0.3 is 0 Å². The molecule has 166 valence electrons. The number of aryl methyl sites for hydroxylation is 1. The zero-order valence-electron chi connectivity index (χ0n) is 17.5. The Labute approximate surface area is 192 Å². The van der Waals surface area contributed by atoms with E-state index in [9.17, 15) is 13.2 Å². The Hall–Kier alpha value is -3.03. The molecular weight excluding hydrogens is 448 g/mol. The maximum absolute atomic E-state index is 13.1. The number of amides is 1. The van der Waals surface area contributed by atoms with Gasteiger partial charge in [0.15, 0.2) is 0 Å². The van der Waals surface area contributed by atoms with Crippen LogP contribution in [0.3, 0.4) is 0 Å². The minimum Gasteiger partial charge on any atom is -0.492 e. The van der Waals surface area contributed by atoms with Crippen molar-refractivity contribution in [1.29, 1.82) is 0 Å². The number of sulfonamides is 1. The summed E-state index contributed by atoms with van der Waals surface area (Å²) in [5.74, 6) is 0.308. The van der Waals surface area contributed by atoms with Crippen LogP contribution in [0.5, 0.6) is 5.75 Å². The molecular formula is C24H23ClN2O4S. The Bertz CT molecular complexity index is 1260. The molecule has 0 aromatic heterocycles. The van der Waals surface area contributed by atoms with Gasteiger partial charge < -0.3 is 9.64 Å². The SMILES string of the molecule is CCOc1ccccc1NS(=O)(=O)c1ccc2c(c1)CCCN2C(=O)c1cccc(Cl)c1. The van der Waals surface area contributed by atoms with Gasteiger partial charge in [0.1, 0.15) is 5.75 Å². The van der Waals surface area contributed by atoms with Crippen LogP contribution in [0.2, 0.25) is 5.02 Å². The minimum absolute atomic E-state index is 0.139. The van der Waals surface area contributed by atoms with Crippen molar-refractivity contribution in [3.8, 4) is 5.75 Å². The number of rotatable bonds is 6. The lowest BCUT2D eigenvalue weighted by Gasteiger charge is -2.30. The highest BCUT2D eigenvalue weighted by Crippen LogP contribution is 2.32. The van der Waals surface area contributed by atoms with E-state index in [0.717, 1.165) is 17.7 Å². The Kier molecular flexibility index (Phi) is 6.39. The first kappa shape index (κ1) is 22.2. The van der Waals surface area contributed by atoms with Crippen molar-refractivity contribution in [3.63, 3.8) is 0 Å². The van der Waals surface area contributed by atoms with E-state index >= 15 is 0 Å². The Morgan fingerprint density at radius 1 is 1.09 bits per heavy atom. The van der Waals surface area contributed by atoms with Gasteiger partial charge in [0.25, 0.3) is 15.9 Å². The molecule has 0 bridgehead atoms. The van der Waals surface area contributed by atoms with Crippen molar-refractivity contribution in [2.45, 2.75) is 24.7 Å². The van der Waals surface area contributed by atoms with Crippen LogP contribution in [0.4, 0.5) is 11.4 Å². The summed E-state index contributed by atoms with van der Waals surface area (Å²) in [6.07, 6.45) is 1.43. The van der Waals surface area contributed by atoms with Crippen molar-refractivity contribution >= 4 is 38.9 Å². The maximum Gasteiger partial charge on any atom is 0.262 e. The summed E-state index contributed by atoms with van der Waals surface area (Å²) < 4.78 is 34.2. The van der Waals surface area contributed by atoms with Crippen LogP contribution in [0.1, 0.15) is 29.3 Å². The number of carbonyl (C=O) groups excluding carboxylic acids is 1. The molecule has 0 radical (unpaired) electrons. The molecule has 1 aliphatic rings. The predicted octanol–water partition coefficient (Wildman–Crippen LogP) is 5.13. The summed E-state index contributed by atoms with van der Waals surface area (Å²) in [4.78, 5) is 14.9. The fourth-order valence-electron chi connectivity index (χ4n) is 3.76. The fourth-order valence-corrected chi connectivity index (χ4v) is 5.08. The highest BCUT2D eigenvalue weighted by atomic mass is 35.5. The second-order valence-electron chi connectivity index (χ2n) is 7.40. The first-order chi connectivity index (χ1) is 15.4. The third kappa shape index (κ3) is 4.59. The van der Waals surface area contributed by atoms with Gasteiger partial charge in [0.2, 0.25) is 0 Å². The average molecular weight is 471 g/mol. The van der Waals surface area contributed by atoms with Crippen molar-refractivity contribution in [2.24, 2.45) is 0 Å². The largest absolute Gasteiger partial charge is 0.492 e. The van der Waals surface area contributed by atoms with Crippen LogP contribution >= 0.6 is 11.6 Å². The maximum atomic E-state index is 13.1. The van der Waals surface area contributed by atoms with Crippen LogP contribution in [0.15, 0.2) is 71.6 Å². The minimum atomic E-state index is -3.83. The molecule has 1 amide bonds. The van der Waals surface area contributed by atoms with Gasteiger partial charge in [-0.1, -0.05) is 29.8 Å². The molecule has 1 aliphatic heterocycles. The Balaban J connectivity index is 1.63. The normalized spacial score (nSPS) is 13.4. The summed E-state index contributed by atoms with van der Waals surface area (Å²) in [5.41, 5.74) is 2.41. The van der Waals surface area contributed by atoms with Gasteiger partial charge in [0.05, 0.1) is 17.2 Å². The van der Waals surface area contributed by atoms with Crippen LogP contribution in [-0.4, -0.2) is 27.5 Å². The fraction of sp³-hybridized carbons (Fsp3) is 0.208. The van der Waals surface area contributed by atoms with Gasteiger partial charge in [-0.3, -0.25) is 9.52 Å². The zero-order chi connectivity index (χ0) is 22.7. The number of hydrogen-bond donors (Lipinski definition) is 1. The van der Waals surface area contributed by atoms with Crippen molar-refractivity contribution < 1.29 is 17.9 Å². The molecule has 8 heteroatoms. The van der Waals surface area contributed by atoms with Gasteiger partial charge in [-0.2, -0.15) is 0 Å². The molecule has 6 nitrogen and oxygen atoms in total. The van der Waals surface area contributed by atoms with Gasteiger partial charge in [-0.25, -0.2) is 8.42 Å². The number of hydrogen-bond acceptors (Lipinski definition) is 4. The molecule has 0 aliphatic carbocycles. The Morgan fingerprint density at radius 2 is 1.91 bits per heavy atom. The monoisotopic (exact) mass is 470 g/mol. The number of nitrogens with one attached hydrogen (secondary N) is 1. The van der Waals surface area contributed by atoms with E-state index in [1.807, 2.05) is 6.92 Å². The lowest BCUT2D eigenvalue weighted by atomic mass is 10.0. The highest BCUT2D eigenvalue weighted by molar-refractivity contribution is 7.92. The van der Waals surface area contributed by atoms with E-state index in [1.165, 1.54) is 6.07 Å². The molecule has 0 saturated heterocycles. The topological polar surface area (TPSA) is 75.7 Å². The van der Waals surface area contributed by atoms with Gasteiger partial charge in [-0.05, 0) is 73.9 Å². The van der Waals surface area contributed by atoms with Crippen molar-refractivity contribution in [2.75, 3.05) is 22.8 Å². The predicted molar refractivity (Wildman–Crippen MR) is 126 cm³/mol. The first-order valence-electron chi connectivity index (χ1n) is 10.3. The lowest BCUT2D eigenvalue weighted by Crippen LogP contribution is -2.35. The molecule has 0 fully saturated rings. The summed E-state index contributed by atoms with van der Waals surface area (Å²) >= 11 is 6.04.